The Morgan fingerprint density at radius 2 is 2.04 bits per heavy atom. The van der Waals surface area contributed by atoms with Crippen molar-refractivity contribution in [3.8, 4) is 10.6 Å². The Hall–Kier alpha value is -2.03. The van der Waals surface area contributed by atoms with Gasteiger partial charge >= 0.3 is 0 Å². The van der Waals surface area contributed by atoms with Crippen molar-refractivity contribution >= 4 is 56.1 Å². The van der Waals surface area contributed by atoms with Crippen LogP contribution < -0.4 is 10.6 Å². The lowest BCUT2D eigenvalue weighted by atomic mass is 10.2. The molecule has 0 atom stereocenters. The lowest BCUT2D eigenvalue weighted by Gasteiger charge is -2.09. The van der Waals surface area contributed by atoms with Crippen LogP contribution in [-0.4, -0.2) is 23.3 Å². The molecule has 0 saturated carbocycles. The number of thiazole rings is 1. The molecule has 2 amide bonds. The molecule has 0 spiro atoms. The fourth-order valence-electron chi connectivity index (χ4n) is 2.32. The fraction of sp³-hybridized carbons (Fsp3) is 0.167. The first-order chi connectivity index (χ1) is 12.4. The number of nitrogens with zero attached hydrogens (tertiary/aromatic N) is 1. The molecule has 0 aliphatic heterocycles. The van der Waals surface area contributed by atoms with Crippen LogP contribution in [0.1, 0.15) is 20.9 Å². The van der Waals surface area contributed by atoms with Crippen LogP contribution in [0.3, 0.4) is 0 Å². The van der Waals surface area contributed by atoms with Gasteiger partial charge in [0.1, 0.15) is 9.88 Å². The maximum atomic E-state index is 12.4. The second kappa shape index (κ2) is 8.11. The molecule has 0 saturated heterocycles. The average Bonchev–Trinajstić information content (AvgIpc) is 3.24. The lowest BCUT2D eigenvalue weighted by Crippen LogP contribution is -2.32. The largest absolute Gasteiger partial charge is 0.342 e. The molecule has 2 aromatic heterocycles. The summed E-state index contributed by atoms with van der Waals surface area (Å²) in [6, 6.07) is 7.56. The molecule has 2 N–H and O–H groups in total. The number of amides is 2. The Bertz CT molecular complexity index is 952. The number of hydrogen-bond donors (Lipinski definition) is 2. The normalized spacial score (nSPS) is 10.6. The predicted octanol–water partition coefficient (Wildman–Crippen LogP) is 4.62. The van der Waals surface area contributed by atoms with E-state index in [1.54, 1.807) is 18.3 Å². The number of carbonyl (C=O) groups is 2. The molecule has 0 aliphatic rings. The summed E-state index contributed by atoms with van der Waals surface area (Å²) in [7, 11) is 0. The molecule has 0 fully saturated rings. The molecule has 0 radical (unpaired) electrons. The van der Waals surface area contributed by atoms with Crippen LogP contribution in [-0.2, 0) is 4.79 Å². The van der Waals surface area contributed by atoms with E-state index in [4.69, 9.17) is 0 Å². The topological polar surface area (TPSA) is 71.1 Å². The molecular formula is C18H16BrN3O2S2. The Labute approximate surface area is 167 Å². The first-order valence-corrected chi connectivity index (χ1v) is 10.3. The smallest absolute Gasteiger partial charge is 0.263 e. The van der Waals surface area contributed by atoms with Crippen LogP contribution in [0.15, 0.2) is 39.5 Å². The van der Waals surface area contributed by atoms with Crippen LogP contribution in [0, 0.1) is 13.8 Å². The van der Waals surface area contributed by atoms with Crippen molar-refractivity contribution in [2.45, 2.75) is 13.8 Å². The van der Waals surface area contributed by atoms with E-state index in [0.717, 1.165) is 26.3 Å². The predicted molar refractivity (Wildman–Crippen MR) is 110 cm³/mol. The molecule has 26 heavy (non-hydrogen) atoms. The van der Waals surface area contributed by atoms with Gasteiger partial charge in [0, 0.05) is 21.1 Å². The third-order valence-corrected chi connectivity index (χ3v) is 6.02. The molecule has 3 rings (SSSR count). The molecule has 0 unspecified atom stereocenters. The zero-order valence-electron chi connectivity index (χ0n) is 14.1. The summed E-state index contributed by atoms with van der Waals surface area (Å²) in [6.45, 7) is 3.61. The fourth-order valence-corrected chi connectivity index (χ4v) is 4.49. The van der Waals surface area contributed by atoms with E-state index in [2.05, 4.69) is 31.5 Å². The Morgan fingerprint density at radius 1 is 1.23 bits per heavy atom. The number of nitrogens with one attached hydrogen (secondary N) is 2. The Balaban J connectivity index is 1.61. The second-order valence-electron chi connectivity index (χ2n) is 5.64. The summed E-state index contributed by atoms with van der Waals surface area (Å²) >= 11 is 6.30. The first kappa shape index (κ1) is 18.8. The lowest BCUT2D eigenvalue weighted by molar-refractivity contribution is -0.115. The van der Waals surface area contributed by atoms with E-state index in [-0.39, 0.29) is 18.4 Å². The summed E-state index contributed by atoms with van der Waals surface area (Å²) in [4.78, 5) is 29.5. The first-order valence-electron chi connectivity index (χ1n) is 7.78. The van der Waals surface area contributed by atoms with Crippen LogP contribution in [0.25, 0.3) is 10.6 Å². The number of anilines is 1. The molecule has 134 valence electrons. The third kappa shape index (κ3) is 4.38. The van der Waals surface area contributed by atoms with Crippen molar-refractivity contribution in [2.75, 3.05) is 11.9 Å². The van der Waals surface area contributed by atoms with Crippen LogP contribution in [0.5, 0.6) is 0 Å². The summed E-state index contributed by atoms with van der Waals surface area (Å²) < 4.78 is 0.948. The van der Waals surface area contributed by atoms with Crippen molar-refractivity contribution in [1.82, 2.24) is 10.3 Å². The number of hydrogen-bond acceptors (Lipinski definition) is 5. The van der Waals surface area contributed by atoms with Crippen molar-refractivity contribution in [3.63, 3.8) is 0 Å². The highest BCUT2D eigenvalue weighted by Crippen LogP contribution is 2.29. The number of aryl methyl sites for hydroxylation is 2. The third-order valence-electron chi connectivity index (χ3n) is 3.64. The van der Waals surface area contributed by atoms with Gasteiger partial charge < -0.3 is 10.6 Å². The molecule has 0 aliphatic carbocycles. The quantitative estimate of drug-likeness (QED) is 0.596. The molecule has 8 heteroatoms. The average molecular weight is 450 g/mol. The van der Waals surface area contributed by atoms with E-state index < -0.39 is 0 Å². The highest BCUT2D eigenvalue weighted by Gasteiger charge is 2.17. The number of rotatable bonds is 5. The van der Waals surface area contributed by atoms with Crippen LogP contribution in [0.4, 0.5) is 5.69 Å². The molecule has 5 nitrogen and oxygen atoms in total. The number of carbonyl (C=O) groups excluding carboxylic acids is 2. The minimum atomic E-state index is -0.288. The summed E-state index contributed by atoms with van der Waals surface area (Å²) in [6.07, 6.45) is 0. The van der Waals surface area contributed by atoms with E-state index >= 15 is 0 Å². The zero-order chi connectivity index (χ0) is 18.7. The van der Waals surface area contributed by atoms with E-state index in [1.165, 1.54) is 11.3 Å². The van der Waals surface area contributed by atoms with Gasteiger partial charge in [-0.15, -0.1) is 11.3 Å². The van der Waals surface area contributed by atoms with Gasteiger partial charge in [-0.25, -0.2) is 4.98 Å². The maximum absolute atomic E-state index is 12.4. The number of aromatic nitrogens is 1. The number of thiophene rings is 1. The SMILES string of the molecule is Cc1cc(Br)ccc1NC(=O)CNC(=O)c1sc(-c2ccsc2)nc1C. The van der Waals surface area contributed by atoms with Gasteiger partial charge in [0.2, 0.25) is 5.91 Å². The van der Waals surface area contributed by atoms with Crippen molar-refractivity contribution in [3.05, 3.63) is 55.6 Å². The van der Waals surface area contributed by atoms with Gasteiger partial charge in [0.15, 0.2) is 0 Å². The Morgan fingerprint density at radius 3 is 2.73 bits per heavy atom. The number of halogens is 1. The maximum Gasteiger partial charge on any atom is 0.263 e. The highest BCUT2D eigenvalue weighted by atomic mass is 79.9. The molecule has 1 aromatic carbocycles. The van der Waals surface area contributed by atoms with Crippen molar-refractivity contribution in [1.29, 1.82) is 0 Å². The van der Waals surface area contributed by atoms with Gasteiger partial charge in [0.25, 0.3) is 5.91 Å². The van der Waals surface area contributed by atoms with E-state index in [0.29, 0.717) is 10.6 Å². The summed E-state index contributed by atoms with van der Waals surface area (Å²) in [5.41, 5.74) is 3.34. The van der Waals surface area contributed by atoms with Gasteiger partial charge in [-0.05, 0) is 49.1 Å². The summed E-state index contributed by atoms with van der Waals surface area (Å²) in [5.74, 6) is -0.562. The van der Waals surface area contributed by atoms with Gasteiger partial charge in [0.05, 0.1) is 12.2 Å². The minimum Gasteiger partial charge on any atom is -0.342 e. The standard InChI is InChI=1S/C18H16BrN3O2S2/c1-10-7-13(19)3-4-14(10)22-15(23)8-20-17(24)16-11(2)21-18(26-16)12-5-6-25-9-12/h3-7,9H,8H2,1-2H3,(H,20,24)(H,22,23). The van der Waals surface area contributed by atoms with Crippen molar-refractivity contribution in [2.24, 2.45) is 0 Å². The molecule has 2 heterocycles. The zero-order valence-corrected chi connectivity index (χ0v) is 17.3. The summed E-state index contributed by atoms with van der Waals surface area (Å²) in [5, 5.41) is 10.2. The monoisotopic (exact) mass is 449 g/mol. The highest BCUT2D eigenvalue weighted by molar-refractivity contribution is 9.10. The van der Waals surface area contributed by atoms with E-state index in [9.17, 15) is 9.59 Å². The molecule has 3 aromatic rings. The second-order valence-corrected chi connectivity index (χ2v) is 8.33. The molecule has 0 bridgehead atoms. The van der Waals surface area contributed by atoms with Gasteiger partial charge in [-0.3, -0.25) is 9.59 Å². The van der Waals surface area contributed by atoms with Gasteiger partial charge in [-0.2, -0.15) is 11.3 Å². The van der Waals surface area contributed by atoms with E-state index in [1.807, 2.05) is 41.9 Å². The molecular weight excluding hydrogens is 434 g/mol. The van der Waals surface area contributed by atoms with Crippen LogP contribution >= 0.6 is 38.6 Å². The van der Waals surface area contributed by atoms with Crippen molar-refractivity contribution < 1.29 is 9.59 Å². The van der Waals surface area contributed by atoms with Gasteiger partial charge in [-0.1, -0.05) is 15.9 Å². The Kier molecular flexibility index (Phi) is 5.85. The number of benzene rings is 1. The minimum absolute atomic E-state index is 0.0978. The van der Waals surface area contributed by atoms with Crippen LogP contribution in [0.2, 0.25) is 0 Å².